The number of aromatic nitrogens is 2. The Kier molecular flexibility index (Phi) is 13.6. The van der Waals surface area contributed by atoms with Crippen LogP contribution in [0.15, 0.2) is 30.3 Å². The summed E-state index contributed by atoms with van der Waals surface area (Å²) in [7, 11) is 0. The van der Waals surface area contributed by atoms with Crippen LogP contribution in [0, 0.1) is 0 Å². The van der Waals surface area contributed by atoms with Gasteiger partial charge in [-0.2, -0.15) is 5.10 Å². The molecule has 2 heterocycles. The molecule has 1 saturated heterocycles. The van der Waals surface area contributed by atoms with Crippen LogP contribution < -0.4 is 10.1 Å². The molecule has 2 aromatic rings. The van der Waals surface area contributed by atoms with E-state index in [1.165, 1.54) is 19.3 Å². The number of hydrogen-bond donors (Lipinski definition) is 2. The number of unbranched alkanes of at least 4 members (excludes halogenated alkanes) is 1. The Labute approximate surface area is 233 Å². The van der Waals surface area contributed by atoms with E-state index in [1.807, 2.05) is 18.2 Å². The molecule has 0 radical (unpaired) electrons. The Morgan fingerprint density at radius 3 is 2.43 bits per heavy atom. The summed E-state index contributed by atoms with van der Waals surface area (Å²) < 4.78 is 6.19. The van der Waals surface area contributed by atoms with Crippen LogP contribution in [0.4, 0.5) is 0 Å². The lowest BCUT2D eigenvalue weighted by Gasteiger charge is -2.29. The molecular weight excluding hydrogens is 511 g/mol. The predicted octanol–water partition coefficient (Wildman–Crippen LogP) is 5.23. The third-order valence-electron chi connectivity index (χ3n) is 7.16. The molecule has 2 N–H and O–H groups in total. The molecular formula is C28H42Cl2N4O3. The predicted molar refractivity (Wildman–Crippen MR) is 152 cm³/mol. The highest BCUT2D eigenvalue weighted by Gasteiger charge is 2.19. The fourth-order valence-corrected chi connectivity index (χ4v) is 4.96. The number of piperidine rings is 1. The Hall–Kier alpha value is -1.93. The van der Waals surface area contributed by atoms with Gasteiger partial charge in [0, 0.05) is 31.7 Å². The summed E-state index contributed by atoms with van der Waals surface area (Å²) in [4.78, 5) is 15.1. The van der Waals surface area contributed by atoms with Crippen LogP contribution in [0.3, 0.4) is 0 Å². The standard InChI is InChI=1S/C28H40N4O3.2ClH/c1-2-3-9-26-25(21-10-12-24(13-11-21)35-23-7-5-4-6-8-23)20-27(31-30-26)28(34)29-16-19-32-17-14-22(33)15-18-32;;/h10-13,20,22-23,33H,2-9,14-19H2,1H3,(H,29,34);2*1H. The van der Waals surface area contributed by atoms with Crippen molar-refractivity contribution in [2.24, 2.45) is 0 Å². The van der Waals surface area contributed by atoms with Crippen molar-refractivity contribution in [3.8, 4) is 16.9 Å². The lowest BCUT2D eigenvalue weighted by molar-refractivity contribution is 0.0803. The molecule has 1 aromatic heterocycles. The zero-order chi connectivity index (χ0) is 24.5. The first-order valence-corrected chi connectivity index (χ1v) is 13.4. The van der Waals surface area contributed by atoms with Crippen molar-refractivity contribution in [3.63, 3.8) is 0 Å². The molecule has 0 bridgehead atoms. The third kappa shape index (κ3) is 9.40. The van der Waals surface area contributed by atoms with Gasteiger partial charge in [-0.15, -0.1) is 29.9 Å². The summed E-state index contributed by atoms with van der Waals surface area (Å²) in [6.45, 7) is 5.23. The first-order chi connectivity index (χ1) is 17.1. The fourth-order valence-electron chi connectivity index (χ4n) is 4.96. The van der Waals surface area contributed by atoms with E-state index in [4.69, 9.17) is 4.74 Å². The molecule has 1 aromatic carbocycles. The van der Waals surface area contributed by atoms with Gasteiger partial charge in [0.1, 0.15) is 5.75 Å². The van der Waals surface area contributed by atoms with Crippen molar-refractivity contribution in [2.75, 3.05) is 26.2 Å². The monoisotopic (exact) mass is 552 g/mol. The second-order valence-electron chi connectivity index (χ2n) is 9.92. The number of aliphatic hydroxyl groups excluding tert-OH is 1. The van der Waals surface area contributed by atoms with Gasteiger partial charge < -0.3 is 20.1 Å². The van der Waals surface area contributed by atoms with Crippen molar-refractivity contribution in [1.29, 1.82) is 0 Å². The number of carbonyl (C=O) groups is 1. The second kappa shape index (κ2) is 16.1. The van der Waals surface area contributed by atoms with Crippen LogP contribution in [-0.4, -0.2) is 64.5 Å². The maximum Gasteiger partial charge on any atom is 0.271 e. The second-order valence-corrected chi connectivity index (χ2v) is 9.92. The van der Waals surface area contributed by atoms with Crippen molar-refractivity contribution in [1.82, 2.24) is 20.4 Å². The maximum absolute atomic E-state index is 12.8. The van der Waals surface area contributed by atoms with E-state index in [0.717, 1.165) is 87.2 Å². The van der Waals surface area contributed by atoms with E-state index in [2.05, 4.69) is 39.5 Å². The van der Waals surface area contributed by atoms with Crippen molar-refractivity contribution in [2.45, 2.75) is 83.3 Å². The number of likely N-dealkylation sites (tertiary alicyclic amines) is 1. The topological polar surface area (TPSA) is 87.6 Å². The molecule has 2 fully saturated rings. The van der Waals surface area contributed by atoms with Gasteiger partial charge in [-0.25, -0.2) is 0 Å². The van der Waals surface area contributed by atoms with E-state index >= 15 is 0 Å². The molecule has 4 rings (SSSR count). The van der Waals surface area contributed by atoms with Gasteiger partial charge in [-0.3, -0.25) is 4.79 Å². The van der Waals surface area contributed by atoms with Crippen LogP contribution in [0.5, 0.6) is 5.75 Å². The van der Waals surface area contributed by atoms with Crippen molar-refractivity contribution < 1.29 is 14.6 Å². The molecule has 1 amide bonds. The Morgan fingerprint density at radius 1 is 1.05 bits per heavy atom. The number of carbonyl (C=O) groups excluding carboxylic acids is 1. The van der Waals surface area contributed by atoms with Crippen molar-refractivity contribution >= 4 is 30.7 Å². The number of amides is 1. The highest BCUT2D eigenvalue weighted by atomic mass is 35.5. The molecule has 0 atom stereocenters. The molecule has 0 unspecified atom stereocenters. The first kappa shape index (κ1) is 31.3. The minimum Gasteiger partial charge on any atom is -0.490 e. The molecule has 1 aliphatic heterocycles. The summed E-state index contributed by atoms with van der Waals surface area (Å²) in [6.07, 6.45) is 10.7. The number of hydrogen-bond acceptors (Lipinski definition) is 6. The molecule has 1 saturated carbocycles. The van der Waals surface area contributed by atoms with Crippen LogP contribution >= 0.6 is 24.8 Å². The lowest BCUT2D eigenvalue weighted by atomic mass is 9.97. The molecule has 37 heavy (non-hydrogen) atoms. The molecule has 1 aliphatic carbocycles. The van der Waals surface area contributed by atoms with Crippen LogP contribution in [0.25, 0.3) is 11.1 Å². The van der Waals surface area contributed by atoms with E-state index in [9.17, 15) is 9.90 Å². The summed E-state index contributed by atoms with van der Waals surface area (Å²) in [5.74, 6) is 0.705. The first-order valence-electron chi connectivity index (χ1n) is 13.4. The highest BCUT2D eigenvalue weighted by molar-refractivity contribution is 5.93. The summed E-state index contributed by atoms with van der Waals surface area (Å²) in [5.41, 5.74) is 3.27. The fraction of sp³-hybridized carbons (Fsp3) is 0.607. The zero-order valence-electron chi connectivity index (χ0n) is 21.9. The summed E-state index contributed by atoms with van der Waals surface area (Å²) >= 11 is 0. The Morgan fingerprint density at radius 2 is 1.76 bits per heavy atom. The minimum atomic E-state index is -0.199. The number of ether oxygens (including phenoxy) is 1. The molecule has 2 aliphatic rings. The van der Waals surface area contributed by atoms with Crippen LogP contribution in [0.1, 0.15) is 80.9 Å². The van der Waals surface area contributed by atoms with E-state index < -0.39 is 0 Å². The SMILES string of the molecule is CCCCc1nnc(C(=O)NCCN2CCC(O)CC2)cc1-c1ccc(OC2CCCCC2)cc1.Cl.Cl. The Bertz CT molecular complexity index is 947. The van der Waals surface area contributed by atoms with Gasteiger partial charge in [-0.1, -0.05) is 31.9 Å². The van der Waals surface area contributed by atoms with Gasteiger partial charge in [0.25, 0.3) is 5.91 Å². The average molecular weight is 554 g/mol. The largest absolute Gasteiger partial charge is 0.490 e. The van der Waals surface area contributed by atoms with Gasteiger partial charge in [-0.05, 0) is 75.1 Å². The van der Waals surface area contributed by atoms with Crippen molar-refractivity contribution in [3.05, 3.63) is 41.7 Å². The number of aryl methyl sites for hydroxylation is 1. The van der Waals surface area contributed by atoms with Crippen LogP contribution in [-0.2, 0) is 6.42 Å². The third-order valence-corrected chi connectivity index (χ3v) is 7.16. The number of rotatable bonds is 10. The summed E-state index contributed by atoms with van der Waals surface area (Å²) in [6, 6.07) is 10.1. The quantitative estimate of drug-likeness (QED) is 0.419. The van der Waals surface area contributed by atoms with Crippen LogP contribution in [0.2, 0.25) is 0 Å². The van der Waals surface area contributed by atoms with Gasteiger partial charge in [0.15, 0.2) is 5.69 Å². The average Bonchev–Trinajstić information content (AvgIpc) is 2.89. The van der Waals surface area contributed by atoms with E-state index in [-0.39, 0.29) is 36.8 Å². The van der Waals surface area contributed by atoms with E-state index in [0.29, 0.717) is 18.3 Å². The number of nitrogens with one attached hydrogen (secondary N) is 1. The Balaban J connectivity index is 0.00000241. The smallest absolute Gasteiger partial charge is 0.271 e. The number of benzene rings is 1. The maximum atomic E-state index is 12.8. The van der Waals surface area contributed by atoms with Gasteiger partial charge in [0.2, 0.25) is 0 Å². The normalized spacial score (nSPS) is 16.9. The van der Waals surface area contributed by atoms with Gasteiger partial charge in [0.05, 0.1) is 17.9 Å². The van der Waals surface area contributed by atoms with E-state index in [1.54, 1.807) is 0 Å². The highest BCUT2D eigenvalue weighted by Crippen LogP contribution is 2.28. The molecule has 7 nitrogen and oxygen atoms in total. The zero-order valence-corrected chi connectivity index (χ0v) is 23.5. The number of aliphatic hydroxyl groups is 1. The summed E-state index contributed by atoms with van der Waals surface area (Å²) in [5, 5.41) is 21.4. The minimum absolute atomic E-state index is 0. The molecule has 9 heteroatoms. The lowest BCUT2D eigenvalue weighted by Crippen LogP contribution is -2.40. The number of nitrogens with zero attached hydrogens (tertiary/aromatic N) is 3. The molecule has 0 spiro atoms. The molecule has 206 valence electrons. The van der Waals surface area contributed by atoms with Gasteiger partial charge >= 0.3 is 0 Å². The number of halogens is 2.